The maximum Gasteiger partial charge on any atom is 0.151 e. The van der Waals surface area contributed by atoms with Crippen LogP contribution in [0.1, 0.15) is 16.7 Å². The number of thioether (sulfide) groups is 1. The summed E-state index contributed by atoms with van der Waals surface area (Å²) in [6, 6.07) is 18.4. The molecule has 1 heterocycles. The molecule has 0 aliphatic carbocycles. The normalized spacial score (nSPS) is 11.5. The molecular weight excluding hydrogens is 399 g/mol. The van der Waals surface area contributed by atoms with Crippen LogP contribution < -0.4 is 0 Å². The minimum Gasteiger partial charge on any atom is -0.238 e. The Morgan fingerprint density at radius 3 is 1.82 bits per heavy atom. The highest BCUT2D eigenvalue weighted by Crippen LogP contribution is 2.52. The Labute approximate surface area is 168 Å². The van der Waals surface area contributed by atoms with Gasteiger partial charge in [0.2, 0.25) is 0 Å². The van der Waals surface area contributed by atoms with Crippen molar-refractivity contribution in [2.24, 2.45) is 0 Å². The third-order valence-electron chi connectivity index (χ3n) is 4.40. The van der Waals surface area contributed by atoms with Crippen molar-refractivity contribution in [3.05, 3.63) is 119 Å². The van der Waals surface area contributed by atoms with Crippen LogP contribution in [0.5, 0.6) is 0 Å². The van der Waals surface area contributed by atoms with Gasteiger partial charge in [0.15, 0.2) is 4.34 Å². The summed E-state index contributed by atoms with van der Waals surface area (Å²) in [5, 5.41) is 1.84. The molecular formula is C22H14F3NS2. The third kappa shape index (κ3) is 3.45. The van der Waals surface area contributed by atoms with Crippen molar-refractivity contribution in [1.82, 2.24) is 4.98 Å². The van der Waals surface area contributed by atoms with E-state index in [9.17, 15) is 8.78 Å². The Morgan fingerprint density at radius 2 is 1.32 bits per heavy atom. The van der Waals surface area contributed by atoms with Crippen LogP contribution in [0.2, 0.25) is 0 Å². The van der Waals surface area contributed by atoms with Gasteiger partial charge < -0.3 is 0 Å². The van der Waals surface area contributed by atoms with Crippen molar-refractivity contribution in [3.8, 4) is 0 Å². The van der Waals surface area contributed by atoms with Gasteiger partial charge in [0.1, 0.15) is 22.2 Å². The molecule has 4 rings (SSSR count). The summed E-state index contributed by atoms with van der Waals surface area (Å²) in [5.74, 6) is -1.17. The second-order valence-corrected chi connectivity index (χ2v) is 8.43. The van der Waals surface area contributed by atoms with Crippen molar-refractivity contribution < 1.29 is 13.2 Å². The number of hydrogen-bond acceptors (Lipinski definition) is 3. The van der Waals surface area contributed by atoms with Crippen LogP contribution in [-0.2, 0) is 4.75 Å². The van der Waals surface area contributed by atoms with E-state index in [0.717, 1.165) is 4.34 Å². The lowest BCUT2D eigenvalue weighted by molar-refractivity contribution is 0.598. The SMILES string of the molecule is Fc1ccc(C(Sc2nccs2)(c2ccc(F)cc2)c2ccccc2F)cc1. The first-order valence-electron chi connectivity index (χ1n) is 8.45. The molecule has 0 bridgehead atoms. The van der Waals surface area contributed by atoms with E-state index < -0.39 is 10.6 Å². The lowest BCUT2D eigenvalue weighted by Crippen LogP contribution is -2.27. The molecule has 0 unspecified atom stereocenters. The highest BCUT2D eigenvalue weighted by Gasteiger charge is 2.40. The van der Waals surface area contributed by atoms with E-state index in [1.54, 1.807) is 48.7 Å². The van der Waals surface area contributed by atoms with E-state index in [0.29, 0.717) is 16.7 Å². The second-order valence-electron chi connectivity index (χ2n) is 6.07. The molecule has 0 aliphatic heterocycles. The number of aromatic nitrogens is 1. The Bertz CT molecular complexity index is 1020. The van der Waals surface area contributed by atoms with Crippen LogP contribution in [0.3, 0.4) is 0 Å². The molecule has 1 nitrogen and oxygen atoms in total. The Balaban J connectivity index is 2.05. The molecule has 0 aliphatic rings. The molecule has 140 valence electrons. The summed E-state index contributed by atoms with van der Waals surface area (Å²) in [4.78, 5) is 4.35. The largest absolute Gasteiger partial charge is 0.238 e. The molecule has 0 amide bonds. The molecule has 0 spiro atoms. The van der Waals surface area contributed by atoms with Gasteiger partial charge in [-0.3, -0.25) is 0 Å². The monoisotopic (exact) mass is 413 g/mol. The zero-order valence-corrected chi connectivity index (χ0v) is 16.1. The number of benzene rings is 3. The number of hydrogen-bond donors (Lipinski definition) is 0. The predicted octanol–water partition coefficient (Wildman–Crippen LogP) is 6.64. The third-order valence-corrected chi connectivity index (χ3v) is 6.79. The van der Waals surface area contributed by atoms with Crippen molar-refractivity contribution in [2.45, 2.75) is 9.09 Å². The number of halogens is 3. The van der Waals surface area contributed by atoms with Crippen LogP contribution in [0.15, 0.2) is 88.7 Å². The summed E-state index contributed by atoms with van der Waals surface area (Å²) >= 11 is 2.78. The van der Waals surface area contributed by atoms with Gasteiger partial charge in [-0.15, -0.1) is 11.3 Å². The van der Waals surface area contributed by atoms with E-state index >= 15 is 4.39 Å². The number of rotatable bonds is 5. The van der Waals surface area contributed by atoms with Gasteiger partial charge in [-0.05, 0) is 41.5 Å². The summed E-state index contributed by atoms with van der Waals surface area (Å²) in [6.45, 7) is 0. The maximum atomic E-state index is 15.1. The average molecular weight is 413 g/mol. The van der Waals surface area contributed by atoms with Crippen LogP contribution in [0, 0.1) is 17.5 Å². The molecule has 6 heteroatoms. The Hall–Kier alpha value is -2.57. The highest BCUT2D eigenvalue weighted by atomic mass is 32.2. The fourth-order valence-corrected chi connectivity index (χ4v) is 5.41. The lowest BCUT2D eigenvalue weighted by Gasteiger charge is -2.34. The number of nitrogens with zero attached hydrogens (tertiary/aromatic N) is 1. The fourth-order valence-electron chi connectivity index (χ4n) is 3.16. The van der Waals surface area contributed by atoms with Gasteiger partial charge in [0, 0.05) is 17.1 Å². The van der Waals surface area contributed by atoms with E-state index in [-0.39, 0.29) is 11.6 Å². The molecule has 0 atom stereocenters. The van der Waals surface area contributed by atoms with Crippen LogP contribution in [0.25, 0.3) is 0 Å². The average Bonchev–Trinajstić information content (AvgIpc) is 3.21. The van der Waals surface area contributed by atoms with E-state index in [2.05, 4.69) is 4.98 Å². The Kier molecular flexibility index (Phi) is 5.24. The van der Waals surface area contributed by atoms with Crippen LogP contribution in [0.4, 0.5) is 13.2 Å². The fraction of sp³-hybridized carbons (Fsp3) is 0.0455. The van der Waals surface area contributed by atoms with Crippen molar-refractivity contribution >= 4 is 23.1 Å². The molecule has 1 aromatic heterocycles. The first-order chi connectivity index (χ1) is 13.6. The standard InChI is InChI=1S/C22H14F3NS2/c23-17-9-5-15(6-10-17)22(28-21-26-13-14-27-21,16-7-11-18(24)12-8-16)19-3-1-2-4-20(19)25/h1-14H. The van der Waals surface area contributed by atoms with Gasteiger partial charge in [-0.2, -0.15) is 0 Å². The summed E-state index contributed by atoms with van der Waals surface area (Å²) in [5.41, 5.74) is 1.74. The minimum absolute atomic E-state index is 0.385. The molecule has 0 fully saturated rings. The first kappa shape index (κ1) is 18.8. The van der Waals surface area contributed by atoms with Crippen LogP contribution in [-0.4, -0.2) is 4.98 Å². The number of thiazole rings is 1. The lowest BCUT2D eigenvalue weighted by atomic mass is 9.83. The van der Waals surface area contributed by atoms with Gasteiger partial charge in [-0.25, -0.2) is 18.2 Å². The molecule has 0 saturated carbocycles. The van der Waals surface area contributed by atoms with E-state index in [1.807, 2.05) is 5.38 Å². The van der Waals surface area contributed by atoms with Gasteiger partial charge in [0.05, 0.1) is 0 Å². The van der Waals surface area contributed by atoms with Crippen LogP contribution >= 0.6 is 23.1 Å². The predicted molar refractivity (Wildman–Crippen MR) is 107 cm³/mol. The molecule has 0 radical (unpaired) electrons. The van der Waals surface area contributed by atoms with Gasteiger partial charge in [-0.1, -0.05) is 54.2 Å². The maximum absolute atomic E-state index is 15.1. The summed E-state index contributed by atoms with van der Waals surface area (Å²) < 4.78 is 42.0. The second kappa shape index (κ2) is 7.81. The van der Waals surface area contributed by atoms with Crippen molar-refractivity contribution in [3.63, 3.8) is 0 Å². The first-order valence-corrected chi connectivity index (χ1v) is 10.1. The van der Waals surface area contributed by atoms with Crippen molar-refractivity contribution in [1.29, 1.82) is 0 Å². The minimum atomic E-state index is -1.06. The molecule has 3 aromatic carbocycles. The zero-order chi connectivity index (χ0) is 19.6. The quantitative estimate of drug-likeness (QED) is 0.269. The van der Waals surface area contributed by atoms with Gasteiger partial charge in [0.25, 0.3) is 0 Å². The molecule has 0 saturated heterocycles. The van der Waals surface area contributed by atoms with E-state index in [4.69, 9.17) is 0 Å². The smallest absolute Gasteiger partial charge is 0.151 e. The Morgan fingerprint density at radius 1 is 0.750 bits per heavy atom. The van der Waals surface area contributed by atoms with E-state index in [1.165, 1.54) is 53.4 Å². The molecule has 0 N–H and O–H groups in total. The van der Waals surface area contributed by atoms with Crippen molar-refractivity contribution in [2.75, 3.05) is 0 Å². The van der Waals surface area contributed by atoms with Gasteiger partial charge >= 0.3 is 0 Å². The topological polar surface area (TPSA) is 12.9 Å². The molecule has 28 heavy (non-hydrogen) atoms. The highest BCUT2D eigenvalue weighted by molar-refractivity contribution is 8.02. The molecule has 4 aromatic rings. The summed E-state index contributed by atoms with van der Waals surface area (Å²) in [6.07, 6.45) is 1.68. The zero-order valence-electron chi connectivity index (χ0n) is 14.5. The summed E-state index contributed by atoms with van der Waals surface area (Å²) in [7, 11) is 0.